The van der Waals surface area contributed by atoms with Crippen molar-refractivity contribution in [2.45, 2.75) is 64.4 Å². The number of nitrogens with zero attached hydrogens (tertiary/aromatic N) is 1. The van der Waals surface area contributed by atoms with Crippen molar-refractivity contribution in [3.05, 3.63) is 22.7 Å². The first-order valence-corrected chi connectivity index (χ1v) is 11.3. The van der Waals surface area contributed by atoms with Gasteiger partial charge >= 0.3 is 0 Å². The molecular formula is C22H28N2O3S. The predicted molar refractivity (Wildman–Crippen MR) is 108 cm³/mol. The lowest BCUT2D eigenvalue weighted by Crippen LogP contribution is -2.57. The van der Waals surface area contributed by atoms with Crippen LogP contribution in [0.4, 0.5) is 5.13 Å². The van der Waals surface area contributed by atoms with Gasteiger partial charge < -0.3 is 10.8 Å². The maximum absolute atomic E-state index is 13.6. The average Bonchev–Trinajstić information content (AvgIpc) is 3.18. The third kappa shape index (κ3) is 2.19. The molecule has 5 rings (SSSR count). The van der Waals surface area contributed by atoms with Gasteiger partial charge in [-0.25, -0.2) is 4.98 Å². The first-order chi connectivity index (χ1) is 13.2. The van der Waals surface area contributed by atoms with Gasteiger partial charge in [0.1, 0.15) is 11.4 Å². The van der Waals surface area contributed by atoms with E-state index in [0.717, 1.165) is 25.7 Å². The summed E-state index contributed by atoms with van der Waals surface area (Å²) in [6.07, 6.45) is 6.89. The Balaban J connectivity index is 1.56. The van der Waals surface area contributed by atoms with Crippen molar-refractivity contribution in [2.75, 3.05) is 5.73 Å². The number of anilines is 1. The minimum atomic E-state index is -1.09. The van der Waals surface area contributed by atoms with Crippen LogP contribution in [0.3, 0.4) is 0 Å². The molecule has 1 aromatic heterocycles. The van der Waals surface area contributed by atoms with Crippen LogP contribution in [-0.2, 0) is 15.2 Å². The number of carbonyl (C=O) groups excluding carboxylic acids is 2. The van der Waals surface area contributed by atoms with Crippen LogP contribution >= 0.6 is 11.3 Å². The van der Waals surface area contributed by atoms with Gasteiger partial charge in [-0.3, -0.25) is 9.59 Å². The molecule has 1 heterocycles. The van der Waals surface area contributed by atoms with Gasteiger partial charge in [0.2, 0.25) is 0 Å². The highest BCUT2D eigenvalue weighted by molar-refractivity contribution is 7.13. The van der Waals surface area contributed by atoms with E-state index < -0.39 is 11.0 Å². The molecule has 6 atom stereocenters. The molecule has 150 valence electrons. The number of ketones is 2. The molecule has 0 spiro atoms. The van der Waals surface area contributed by atoms with Crippen LogP contribution < -0.4 is 5.73 Å². The lowest BCUT2D eigenvalue weighted by Gasteiger charge is -2.57. The van der Waals surface area contributed by atoms with Crippen molar-refractivity contribution in [3.8, 4) is 0 Å². The number of rotatable bonds is 1. The zero-order chi connectivity index (χ0) is 19.9. The largest absolute Gasteiger partial charge is 0.383 e. The molecule has 0 saturated heterocycles. The average molecular weight is 401 g/mol. The van der Waals surface area contributed by atoms with Crippen LogP contribution in [-0.4, -0.2) is 21.7 Å². The number of hydrogen-bond donors (Lipinski definition) is 2. The summed E-state index contributed by atoms with van der Waals surface area (Å²) in [7, 11) is 0. The number of hydrogen-bond acceptors (Lipinski definition) is 6. The van der Waals surface area contributed by atoms with Crippen molar-refractivity contribution >= 4 is 28.0 Å². The van der Waals surface area contributed by atoms with E-state index in [1.165, 1.54) is 16.9 Å². The molecule has 0 aliphatic heterocycles. The van der Waals surface area contributed by atoms with Gasteiger partial charge in [0.05, 0.1) is 5.69 Å². The van der Waals surface area contributed by atoms with E-state index in [1.807, 2.05) is 11.5 Å². The smallest absolute Gasteiger partial charge is 0.180 e. The minimum Gasteiger partial charge on any atom is -0.383 e. The van der Waals surface area contributed by atoms with E-state index >= 15 is 0 Å². The van der Waals surface area contributed by atoms with Crippen LogP contribution in [0, 0.1) is 28.6 Å². The van der Waals surface area contributed by atoms with Crippen LogP contribution in [0.1, 0.15) is 64.5 Å². The maximum Gasteiger partial charge on any atom is 0.180 e. The number of allylic oxidation sites excluding steroid dienone is 1. The summed E-state index contributed by atoms with van der Waals surface area (Å²) < 4.78 is 0. The molecule has 0 amide bonds. The Labute approximate surface area is 169 Å². The van der Waals surface area contributed by atoms with E-state index in [0.29, 0.717) is 36.0 Å². The second-order valence-corrected chi connectivity index (χ2v) is 10.8. The highest BCUT2D eigenvalue weighted by atomic mass is 32.1. The molecule has 3 N–H and O–H groups in total. The zero-order valence-corrected chi connectivity index (χ0v) is 17.3. The quantitative estimate of drug-likeness (QED) is 0.751. The fourth-order valence-electron chi connectivity index (χ4n) is 7.29. The Hall–Kier alpha value is -1.53. The summed E-state index contributed by atoms with van der Waals surface area (Å²) in [6, 6.07) is 0. The number of nitrogens with two attached hydrogens (primary N) is 1. The van der Waals surface area contributed by atoms with Crippen molar-refractivity contribution in [3.63, 3.8) is 0 Å². The molecule has 1 aromatic rings. The summed E-state index contributed by atoms with van der Waals surface area (Å²) in [4.78, 5) is 30.0. The van der Waals surface area contributed by atoms with E-state index in [2.05, 4.69) is 18.8 Å². The third-order valence-corrected chi connectivity index (χ3v) is 9.43. The number of fused-ring (bicyclic) bond motifs is 5. The maximum atomic E-state index is 13.6. The Morgan fingerprint density at radius 3 is 2.71 bits per heavy atom. The van der Waals surface area contributed by atoms with E-state index in [-0.39, 0.29) is 28.8 Å². The number of Topliss-reactive ketones (excluding diaryl/α,β-unsaturated/α-hetero) is 1. The zero-order valence-electron chi connectivity index (χ0n) is 16.5. The molecule has 28 heavy (non-hydrogen) atoms. The van der Waals surface area contributed by atoms with Crippen LogP contribution in [0.5, 0.6) is 0 Å². The van der Waals surface area contributed by atoms with Crippen LogP contribution in [0.15, 0.2) is 17.0 Å². The van der Waals surface area contributed by atoms with Crippen LogP contribution in [0.25, 0.3) is 0 Å². The van der Waals surface area contributed by atoms with Crippen molar-refractivity contribution in [1.82, 2.24) is 4.98 Å². The van der Waals surface area contributed by atoms with Crippen molar-refractivity contribution in [1.29, 1.82) is 0 Å². The third-order valence-electron chi connectivity index (χ3n) is 8.75. The van der Waals surface area contributed by atoms with Gasteiger partial charge in [0.15, 0.2) is 10.9 Å². The van der Waals surface area contributed by atoms with Gasteiger partial charge in [-0.1, -0.05) is 19.4 Å². The van der Waals surface area contributed by atoms with E-state index in [4.69, 9.17) is 5.73 Å². The monoisotopic (exact) mass is 400 g/mol. The lowest BCUT2D eigenvalue weighted by molar-refractivity contribution is -0.162. The lowest BCUT2D eigenvalue weighted by atomic mass is 9.46. The minimum absolute atomic E-state index is 0.0264. The van der Waals surface area contributed by atoms with E-state index in [1.54, 1.807) is 0 Å². The Morgan fingerprint density at radius 1 is 1.21 bits per heavy atom. The molecule has 0 radical (unpaired) electrons. The summed E-state index contributed by atoms with van der Waals surface area (Å²) in [5.41, 5.74) is 5.88. The highest BCUT2D eigenvalue weighted by Gasteiger charge is 2.67. The Bertz CT molecular complexity index is 907. The number of aromatic nitrogens is 1. The Kier molecular flexibility index (Phi) is 3.80. The Morgan fingerprint density at radius 2 is 2.00 bits per heavy atom. The number of nitrogen functional groups attached to an aromatic ring is 1. The number of aliphatic hydroxyl groups is 1. The van der Waals surface area contributed by atoms with Gasteiger partial charge in [-0.05, 0) is 55.4 Å². The summed E-state index contributed by atoms with van der Waals surface area (Å²) in [5.74, 6) is 0.998. The predicted octanol–water partition coefficient (Wildman–Crippen LogP) is 3.62. The van der Waals surface area contributed by atoms with Gasteiger partial charge in [-0.2, -0.15) is 0 Å². The SMILES string of the molecule is C[C@]12CCC(=O)C=C1CC[C@@H]1[C@@H]2C(=O)C[C@@]2(C)[C@H]1CC[C@]2(O)c1csc(N)n1. The number of carbonyl (C=O) groups is 2. The molecule has 0 unspecified atom stereocenters. The highest BCUT2D eigenvalue weighted by Crippen LogP contribution is 2.68. The van der Waals surface area contributed by atoms with Crippen LogP contribution in [0.2, 0.25) is 0 Å². The fraction of sp³-hybridized carbons (Fsp3) is 0.682. The molecule has 4 aliphatic rings. The second kappa shape index (κ2) is 5.76. The molecular weight excluding hydrogens is 372 g/mol. The molecule has 5 nitrogen and oxygen atoms in total. The van der Waals surface area contributed by atoms with Gasteiger partial charge in [0, 0.05) is 29.6 Å². The summed E-state index contributed by atoms with van der Waals surface area (Å²) in [5, 5.41) is 14.1. The molecule has 4 aliphatic carbocycles. The van der Waals surface area contributed by atoms with Crippen molar-refractivity contribution in [2.24, 2.45) is 28.6 Å². The number of thiazole rings is 1. The fourth-order valence-corrected chi connectivity index (χ4v) is 7.92. The standard InChI is InChI=1S/C22H28N2O3S/c1-20-7-5-13(25)9-12(20)3-4-14-15-6-8-22(27,17-11-28-19(23)24-17)21(15,2)10-16(26)18(14)20/h9,11,14-15,18,27H,3-8,10H2,1-2H3,(H2,23,24)/t14-,15-,18+,20-,21-,22-/m0/s1. The van der Waals surface area contributed by atoms with Crippen molar-refractivity contribution < 1.29 is 14.7 Å². The van der Waals surface area contributed by atoms with E-state index in [9.17, 15) is 14.7 Å². The second-order valence-electron chi connectivity index (χ2n) is 9.87. The first-order valence-electron chi connectivity index (χ1n) is 10.4. The molecule has 3 saturated carbocycles. The van der Waals surface area contributed by atoms with Gasteiger partial charge in [-0.15, -0.1) is 11.3 Å². The molecule has 6 heteroatoms. The molecule has 3 fully saturated rings. The molecule has 0 bridgehead atoms. The first kappa shape index (κ1) is 18.5. The van der Waals surface area contributed by atoms with Gasteiger partial charge in [0.25, 0.3) is 0 Å². The summed E-state index contributed by atoms with van der Waals surface area (Å²) >= 11 is 1.35. The molecule has 0 aromatic carbocycles. The topological polar surface area (TPSA) is 93.3 Å². The summed E-state index contributed by atoms with van der Waals surface area (Å²) in [6.45, 7) is 4.29. The normalized spacial score (nSPS) is 45.2.